The van der Waals surface area contributed by atoms with Gasteiger partial charge in [0.05, 0.1) is 19.2 Å². The van der Waals surface area contributed by atoms with E-state index in [0.29, 0.717) is 23.0 Å². The van der Waals surface area contributed by atoms with Crippen molar-refractivity contribution in [3.8, 4) is 11.3 Å². The van der Waals surface area contributed by atoms with Crippen molar-refractivity contribution in [2.45, 2.75) is 25.5 Å². The van der Waals surface area contributed by atoms with E-state index in [1.54, 1.807) is 12.1 Å². The quantitative estimate of drug-likeness (QED) is 0.864. The van der Waals surface area contributed by atoms with E-state index in [1.165, 1.54) is 0 Å². The van der Waals surface area contributed by atoms with Crippen LogP contribution in [0.1, 0.15) is 18.6 Å². The molecular formula is C17H20ClN3O3. The van der Waals surface area contributed by atoms with Crippen molar-refractivity contribution in [1.29, 1.82) is 0 Å². The molecule has 128 valence electrons. The molecule has 0 spiro atoms. The number of aromatic nitrogens is 1. The molecule has 24 heavy (non-hydrogen) atoms. The highest BCUT2D eigenvalue weighted by Gasteiger charge is 2.19. The Kier molecular flexibility index (Phi) is 5.50. The van der Waals surface area contributed by atoms with E-state index in [4.69, 9.17) is 16.1 Å². The average molecular weight is 350 g/mol. The lowest BCUT2D eigenvalue weighted by Gasteiger charge is -2.29. The van der Waals surface area contributed by atoms with Gasteiger partial charge in [-0.2, -0.15) is 0 Å². The summed E-state index contributed by atoms with van der Waals surface area (Å²) in [5, 5.41) is 17.1. The van der Waals surface area contributed by atoms with Gasteiger partial charge < -0.3 is 14.9 Å². The molecule has 0 radical (unpaired) electrons. The molecule has 1 atom stereocenters. The summed E-state index contributed by atoms with van der Waals surface area (Å²) < 4.78 is 5.25. The number of carbonyl (C=O) groups excluding carboxylic acids is 1. The first-order valence-corrected chi connectivity index (χ1v) is 8.36. The monoisotopic (exact) mass is 349 g/mol. The number of likely N-dealkylation sites (tertiary alicyclic amines) is 1. The van der Waals surface area contributed by atoms with E-state index >= 15 is 0 Å². The largest absolute Gasteiger partial charge is 0.392 e. The molecule has 1 aliphatic heterocycles. The Labute approximate surface area is 145 Å². The molecule has 0 bridgehead atoms. The van der Waals surface area contributed by atoms with Crippen LogP contribution >= 0.6 is 11.6 Å². The molecule has 1 aliphatic rings. The van der Waals surface area contributed by atoms with Gasteiger partial charge in [0.15, 0.2) is 5.76 Å². The Bertz CT molecular complexity index is 704. The number of β-amino-alcohol motifs (C(OH)–C–C–N with tert-alkyl or cyclic N) is 1. The molecule has 1 fully saturated rings. The van der Waals surface area contributed by atoms with E-state index in [9.17, 15) is 9.90 Å². The number of nitrogens with one attached hydrogen (secondary N) is 1. The minimum absolute atomic E-state index is 0.0928. The predicted octanol–water partition coefficient (Wildman–Crippen LogP) is 2.07. The first kappa shape index (κ1) is 17.0. The Morgan fingerprint density at radius 1 is 1.46 bits per heavy atom. The van der Waals surface area contributed by atoms with Crippen LogP contribution in [0.15, 0.2) is 34.9 Å². The van der Waals surface area contributed by atoms with Crippen molar-refractivity contribution < 1.29 is 14.4 Å². The summed E-state index contributed by atoms with van der Waals surface area (Å²) in [6.45, 7) is 1.95. The van der Waals surface area contributed by atoms with Crippen molar-refractivity contribution in [1.82, 2.24) is 15.4 Å². The predicted molar refractivity (Wildman–Crippen MR) is 90.5 cm³/mol. The maximum absolute atomic E-state index is 12.0. The smallest absolute Gasteiger partial charge is 0.234 e. The standard InChI is InChI=1S/C17H20ClN3O3/c18-13-4-1-3-12(7-13)16-8-15(24-20-16)9-19-17(23)11-21-6-2-5-14(22)10-21/h1,3-4,7-8,14,22H,2,5-6,9-11H2,(H,19,23)/t14-/m1/s1. The fraction of sp³-hybridized carbons (Fsp3) is 0.412. The number of benzene rings is 1. The second-order valence-corrected chi connectivity index (χ2v) is 6.43. The van der Waals surface area contributed by atoms with Crippen molar-refractivity contribution in [2.24, 2.45) is 0 Å². The fourth-order valence-corrected chi connectivity index (χ4v) is 2.99. The van der Waals surface area contributed by atoms with Gasteiger partial charge in [-0.3, -0.25) is 9.69 Å². The van der Waals surface area contributed by atoms with Gasteiger partial charge in [-0.25, -0.2) is 0 Å². The molecular weight excluding hydrogens is 330 g/mol. The summed E-state index contributed by atoms with van der Waals surface area (Å²) in [6, 6.07) is 9.14. The minimum atomic E-state index is -0.332. The molecule has 2 aromatic rings. The highest BCUT2D eigenvalue weighted by Crippen LogP contribution is 2.22. The number of nitrogens with zero attached hydrogens (tertiary/aromatic N) is 2. The number of rotatable bonds is 5. The summed E-state index contributed by atoms with van der Waals surface area (Å²) in [5.41, 5.74) is 1.55. The second-order valence-electron chi connectivity index (χ2n) is 6.00. The van der Waals surface area contributed by atoms with Crippen molar-refractivity contribution >= 4 is 17.5 Å². The molecule has 0 saturated carbocycles. The fourth-order valence-electron chi connectivity index (χ4n) is 2.80. The van der Waals surface area contributed by atoms with Gasteiger partial charge in [-0.1, -0.05) is 28.9 Å². The van der Waals surface area contributed by atoms with Crippen LogP contribution < -0.4 is 5.32 Å². The summed E-state index contributed by atoms with van der Waals surface area (Å²) in [7, 11) is 0. The normalized spacial score (nSPS) is 18.5. The third-order valence-electron chi connectivity index (χ3n) is 3.99. The van der Waals surface area contributed by atoms with Crippen LogP contribution in [-0.4, -0.2) is 46.8 Å². The van der Waals surface area contributed by atoms with Crippen LogP contribution in [0.3, 0.4) is 0 Å². The lowest BCUT2D eigenvalue weighted by atomic mass is 10.1. The van der Waals surface area contributed by atoms with E-state index in [1.807, 2.05) is 23.1 Å². The zero-order valence-electron chi connectivity index (χ0n) is 13.2. The summed E-state index contributed by atoms with van der Waals surface area (Å²) >= 11 is 5.97. The molecule has 0 aliphatic carbocycles. The lowest BCUT2D eigenvalue weighted by Crippen LogP contribution is -2.44. The number of halogens is 1. The zero-order valence-corrected chi connectivity index (χ0v) is 14.0. The third-order valence-corrected chi connectivity index (χ3v) is 4.22. The van der Waals surface area contributed by atoms with Crippen LogP contribution in [-0.2, 0) is 11.3 Å². The van der Waals surface area contributed by atoms with Crippen LogP contribution in [0.5, 0.6) is 0 Å². The highest BCUT2D eigenvalue weighted by atomic mass is 35.5. The van der Waals surface area contributed by atoms with Crippen LogP contribution in [0.4, 0.5) is 0 Å². The molecule has 7 heteroatoms. The number of aliphatic hydroxyl groups excluding tert-OH is 1. The van der Waals surface area contributed by atoms with E-state index in [2.05, 4.69) is 10.5 Å². The van der Waals surface area contributed by atoms with Gasteiger partial charge in [-0.15, -0.1) is 0 Å². The Hall–Kier alpha value is -1.89. The lowest BCUT2D eigenvalue weighted by molar-refractivity contribution is -0.123. The van der Waals surface area contributed by atoms with Gasteiger partial charge in [0.2, 0.25) is 5.91 Å². The van der Waals surface area contributed by atoms with Crippen LogP contribution in [0.25, 0.3) is 11.3 Å². The first-order chi connectivity index (χ1) is 11.6. The molecule has 1 amide bonds. The molecule has 1 aromatic carbocycles. The van der Waals surface area contributed by atoms with Gasteiger partial charge in [0.1, 0.15) is 5.69 Å². The van der Waals surface area contributed by atoms with Gasteiger partial charge >= 0.3 is 0 Å². The van der Waals surface area contributed by atoms with Crippen molar-refractivity contribution in [2.75, 3.05) is 19.6 Å². The maximum atomic E-state index is 12.0. The number of hydrogen-bond donors (Lipinski definition) is 2. The number of piperidine rings is 1. The molecule has 1 aromatic heterocycles. The van der Waals surface area contributed by atoms with Crippen LogP contribution in [0.2, 0.25) is 5.02 Å². The highest BCUT2D eigenvalue weighted by molar-refractivity contribution is 6.30. The van der Waals surface area contributed by atoms with Crippen molar-refractivity contribution in [3.05, 3.63) is 41.1 Å². The average Bonchev–Trinajstić information content (AvgIpc) is 3.02. The summed E-state index contributed by atoms with van der Waals surface area (Å²) in [5.74, 6) is 0.488. The van der Waals surface area contributed by atoms with Crippen LogP contribution in [0, 0.1) is 0 Å². The zero-order chi connectivity index (χ0) is 16.9. The SMILES string of the molecule is O=C(CN1CCC[C@@H](O)C1)NCc1cc(-c2cccc(Cl)c2)no1. The van der Waals surface area contributed by atoms with E-state index in [-0.39, 0.29) is 25.1 Å². The van der Waals surface area contributed by atoms with Gasteiger partial charge in [0.25, 0.3) is 0 Å². The molecule has 3 rings (SSSR count). The summed E-state index contributed by atoms with van der Waals surface area (Å²) in [6.07, 6.45) is 1.39. The Morgan fingerprint density at radius 3 is 3.12 bits per heavy atom. The number of amides is 1. The first-order valence-electron chi connectivity index (χ1n) is 7.99. The Morgan fingerprint density at radius 2 is 2.33 bits per heavy atom. The second kappa shape index (κ2) is 7.79. The Balaban J connectivity index is 1.51. The topological polar surface area (TPSA) is 78.6 Å². The van der Waals surface area contributed by atoms with Crippen molar-refractivity contribution in [3.63, 3.8) is 0 Å². The molecule has 2 N–H and O–H groups in total. The molecule has 6 nitrogen and oxygen atoms in total. The molecule has 0 unspecified atom stereocenters. The van der Waals surface area contributed by atoms with E-state index in [0.717, 1.165) is 24.9 Å². The van der Waals surface area contributed by atoms with Gasteiger partial charge in [-0.05, 0) is 31.5 Å². The maximum Gasteiger partial charge on any atom is 0.234 e. The van der Waals surface area contributed by atoms with Gasteiger partial charge in [0, 0.05) is 23.2 Å². The molecule has 2 heterocycles. The number of hydrogen-bond acceptors (Lipinski definition) is 5. The summed E-state index contributed by atoms with van der Waals surface area (Å²) in [4.78, 5) is 14.0. The third kappa shape index (κ3) is 4.56. The van der Waals surface area contributed by atoms with E-state index < -0.39 is 0 Å². The number of aliphatic hydroxyl groups is 1. The minimum Gasteiger partial charge on any atom is -0.392 e. The number of carbonyl (C=O) groups is 1. The molecule has 1 saturated heterocycles.